The van der Waals surface area contributed by atoms with Crippen LogP contribution >= 0.6 is 15.9 Å². The van der Waals surface area contributed by atoms with Gasteiger partial charge in [-0.05, 0) is 39.7 Å². The normalized spacial score (nSPS) is 10.2. The van der Waals surface area contributed by atoms with Gasteiger partial charge < -0.3 is 4.74 Å². The van der Waals surface area contributed by atoms with Crippen LogP contribution in [0.5, 0.6) is 5.75 Å². The van der Waals surface area contributed by atoms with Crippen molar-refractivity contribution in [2.24, 2.45) is 0 Å². The van der Waals surface area contributed by atoms with Gasteiger partial charge in [0.2, 0.25) is 0 Å². The zero-order chi connectivity index (χ0) is 11.5. The minimum absolute atomic E-state index is 0.223. The number of hydrogen-bond acceptors (Lipinski definition) is 1. The van der Waals surface area contributed by atoms with Crippen molar-refractivity contribution in [3.63, 3.8) is 0 Å². The molecule has 3 heteroatoms. The Morgan fingerprint density at radius 3 is 2.50 bits per heavy atom. The summed E-state index contributed by atoms with van der Waals surface area (Å²) in [6.45, 7) is 0. The Labute approximate surface area is 102 Å². The van der Waals surface area contributed by atoms with Gasteiger partial charge in [0.05, 0.1) is 11.6 Å². The van der Waals surface area contributed by atoms with Gasteiger partial charge in [-0.2, -0.15) is 0 Å². The van der Waals surface area contributed by atoms with E-state index in [9.17, 15) is 4.39 Å². The Morgan fingerprint density at radius 2 is 1.88 bits per heavy atom. The average Bonchev–Trinajstić information content (AvgIpc) is 2.29. The molecule has 2 aromatic rings. The molecule has 0 radical (unpaired) electrons. The molecule has 0 amide bonds. The molecule has 0 unspecified atom stereocenters. The number of hydrogen-bond donors (Lipinski definition) is 0. The van der Waals surface area contributed by atoms with Gasteiger partial charge in [-0.25, -0.2) is 4.39 Å². The Morgan fingerprint density at radius 1 is 1.12 bits per heavy atom. The van der Waals surface area contributed by atoms with Gasteiger partial charge in [0.1, 0.15) is 11.6 Å². The van der Waals surface area contributed by atoms with Gasteiger partial charge in [-0.1, -0.05) is 24.3 Å². The van der Waals surface area contributed by atoms with Gasteiger partial charge in [0.25, 0.3) is 0 Å². The minimum Gasteiger partial charge on any atom is -0.496 e. The molecule has 0 aromatic heterocycles. The van der Waals surface area contributed by atoms with Crippen LogP contribution in [0, 0.1) is 5.82 Å². The van der Waals surface area contributed by atoms with Crippen molar-refractivity contribution in [2.45, 2.75) is 0 Å². The highest BCUT2D eigenvalue weighted by atomic mass is 79.9. The summed E-state index contributed by atoms with van der Waals surface area (Å²) in [7, 11) is 1.60. The highest BCUT2D eigenvalue weighted by Gasteiger charge is 2.06. The summed E-state index contributed by atoms with van der Waals surface area (Å²) < 4.78 is 19.5. The molecule has 0 aliphatic heterocycles. The number of ether oxygens (including phenoxy) is 1. The van der Waals surface area contributed by atoms with Crippen molar-refractivity contribution in [3.05, 3.63) is 52.8 Å². The summed E-state index contributed by atoms with van der Waals surface area (Å²) in [5.74, 6) is 0.514. The van der Waals surface area contributed by atoms with Gasteiger partial charge in [-0.15, -0.1) is 0 Å². The second-order valence-electron chi connectivity index (χ2n) is 3.33. The lowest BCUT2D eigenvalue weighted by Crippen LogP contribution is -1.87. The zero-order valence-electron chi connectivity index (χ0n) is 8.71. The van der Waals surface area contributed by atoms with Crippen LogP contribution in [0.3, 0.4) is 0 Å². The first-order valence-corrected chi connectivity index (χ1v) is 5.60. The van der Waals surface area contributed by atoms with E-state index in [2.05, 4.69) is 15.9 Å². The van der Waals surface area contributed by atoms with E-state index in [1.807, 2.05) is 24.3 Å². The first-order valence-electron chi connectivity index (χ1n) is 4.81. The molecule has 2 rings (SSSR count). The molecule has 2 aromatic carbocycles. The van der Waals surface area contributed by atoms with E-state index < -0.39 is 0 Å². The molecule has 0 bridgehead atoms. The lowest BCUT2D eigenvalue weighted by atomic mass is 10.1. The molecule has 0 aliphatic carbocycles. The molecule has 0 saturated carbocycles. The predicted octanol–water partition coefficient (Wildman–Crippen LogP) is 4.26. The molecule has 16 heavy (non-hydrogen) atoms. The first-order chi connectivity index (χ1) is 7.72. The van der Waals surface area contributed by atoms with Gasteiger partial charge in [0, 0.05) is 5.56 Å². The van der Waals surface area contributed by atoms with Crippen LogP contribution < -0.4 is 4.74 Å². The minimum atomic E-state index is -0.223. The molecule has 0 atom stereocenters. The van der Waals surface area contributed by atoms with Gasteiger partial charge in [-0.3, -0.25) is 0 Å². The molecule has 0 heterocycles. The standard InChI is InChI=1S/C13H10BrFO/c1-16-13-7-6-9(8-11(13)14)10-4-2-3-5-12(10)15/h2-8H,1H3. The van der Waals surface area contributed by atoms with Crippen LogP contribution in [0.4, 0.5) is 4.39 Å². The summed E-state index contributed by atoms with van der Waals surface area (Å²) in [6, 6.07) is 12.2. The van der Waals surface area contributed by atoms with Gasteiger partial charge in [0.15, 0.2) is 0 Å². The zero-order valence-corrected chi connectivity index (χ0v) is 10.3. The smallest absolute Gasteiger partial charge is 0.133 e. The fourth-order valence-corrected chi connectivity index (χ4v) is 2.07. The van der Waals surface area contributed by atoms with Crippen molar-refractivity contribution < 1.29 is 9.13 Å². The first kappa shape index (κ1) is 11.1. The summed E-state index contributed by atoms with van der Waals surface area (Å²) >= 11 is 3.38. The lowest BCUT2D eigenvalue weighted by molar-refractivity contribution is 0.412. The average molecular weight is 281 g/mol. The highest BCUT2D eigenvalue weighted by Crippen LogP contribution is 2.31. The summed E-state index contributed by atoms with van der Waals surface area (Å²) in [5.41, 5.74) is 1.41. The van der Waals surface area contributed by atoms with E-state index in [-0.39, 0.29) is 5.82 Å². The molecule has 1 nitrogen and oxygen atoms in total. The summed E-state index contributed by atoms with van der Waals surface area (Å²) in [5, 5.41) is 0. The monoisotopic (exact) mass is 280 g/mol. The molecule has 0 N–H and O–H groups in total. The second-order valence-corrected chi connectivity index (χ2v) is 4.18. The Balaban J connectivity index is 2.50. The highest BCUT2D eigenvalue weighted by molar-refractivity contribution is 9.10. The van der Waals surface area contributed by atoms with E-state index in [4.69, 9.17) is 4.74 Å². The number of halogens is 2. The molecule has 0 aliphatic rings. The lowest BCUT2D eigenvalue weighted by Gasteiger charge is -2.07. The maximum absolute atomic E-state index is 13.5. The van der Waals surface area contributed by atoms with E-state index in [1.54, 1.807) is 19.2 Å². The van der Waals surface area contributed by atoms with Crippen molar-refractivity contribution in [3.8, 4) is 16.9 Å². The number of rotatable bonds is 2. The predicted molar refractivity (Wildman–Crippen MR) is 66.1 cm³/mol. The van der Waals surface area contributed by atoms with Crippen molar-refractivity contribution in [2.75, 3.05) is 7.11 Å². The van der Waals surface area contributed by atoms with Crippen LogP contribution in [-0.4, -0.2) is 7.11 Å². The Hall–Kier alpha value is -1.35. The van der Waals surface area contributed by atoms with Crippen molar-refractivity contribution in [1.82, 2.24) is 0 Å². The third-order valence-corrected chi connectivity index (χ3v) is 2.96. The van der Waals surface area contributed by atoms with Crippen LogP contribution in [0.25, 0.3) is 11.1 Å². The van der Waals surface area contributed by atoms with Crippen LogP contribution in [0.1, 0.15) is 0 Å². The third-order valence-electron chi connectivity index (χ3n) is 2.34. The van der Waals surface area contributed by atoms with Crippen molar-refractivity contribution in [1.29, 1.82) is 0 Å². The fraction of sp³-hybridized carbons (Fsp3) is 0.0769. The molecule has 0 fully saturated rings. The van der Waals surface area contributed by atoms with E-state index >= 15 is 0 Å². The Bertz CT molecular complexity index is 511. The van der Waals surface area contributed by atoms with Crippen LogP contribution in [0.15, 0.2) is 46.9 Å². The molecule has 0 saturated heterocycles. The largest absolute Gasteiger partial charge is 0.496 e. The Kier molecular flexibility index (Phi) is 3.25. The van der Waals surface area contributed by atoms with E-state index in [1.165, 1.54) is 6.07 Å². The number of methoxy groups -OCH3 is 1. The fourth-order valence-electron chi connectivity index (χ4n) is 1.53. The number of benzene rings is 2. The molecular weight excluding hydrogens is 271 g/mol. The van der Waals surface area contributed by atoms with Crippen LogP contribution in [0.2, 0.25) is 0 Å². The topological polar surface area (TPSA) is 9.23 Å². The SMILES string of the molecule is COc1ccc(-c2ccccc2F)cc1Br. The maximum atomic E-state index is 13.5. The van der Waals surface area contributed by atoms with Crippen molar-refractivity contribution >= 4 is 15.9 Å². The van der Waals surface area contributed by atoms with Gasteiger partial charge >= 0.3 is 0 Å². The quantitative estimate of drug-likeness (QED) is 0.799. The second kappa shape index (κ2) is 4.66. The van der Waals surface area contributed by atoms with E-state index in [0.717, 1.165) is 15.8 Å². The summed E-state index contributed by atoms with van der Waals surface area (Å²) in [6.07, 6.45) is 0. The van der Waals surface area contributed by atoms with Crippen LogP contribution in [-0.2, 0) is 0 Å². The molecular formula is C13H10BrFO. The molecule has 0 spiro atoms. The third kappa shape index (κ3) is 2.09. The summed E-state index contributed by atoms with van der Waals surface area (Å²) in [4.78, 5) is 0. The van der Waals surface area contributed by atoms with E-state index in [0.29, 0.717) is 5.56 Å². The maximum Gasteiger partial charge on any atom is 0.133 e. The molecule has 82 valence electrons.